The molecule has 0 saturated carbocycles. The van der Waals surface area contributed by atoms with E-state index in [1.807, 2.05) is 0 Å². The third kappa shape index (κ3) is 2.81. The maximum Gasteiger partial charge on any atom is -0.0152 e. The second kappa shape index (κ2) is 5.86. The summed E-state index contributed by atoms with van der Waals surface area (Å²) < 4.78 is 0. The summed E-state index contributed by atoms with van der Waals surface area (Å²) >= 11 is 0. The summed E-state index contributed by atoms with van der Waals surface area (Å²) in [5.41, 5.74) is 6.91. The Hall–Kier alpha value is -1.56. The summed E-state index contributed by atoms with van der Waals surface area (Å²) in [6.45, 7) is 6.62. The van der Waals surface area contributed by atoms with Crippen LogP contribution in [0.1, 0.15) is 37.0 Å². The quantitative estimate of drug-likeness (QED) is 0.688. The topological polar surface area (TPSA) is 0 Å². The average Bonchev–Trinajstić information content (AvgIpc) is 2.41. The smallest absolute Gasteiger partial charge is 0.0152 e. The lowest BCUT2D eigenvalue weighted by molar-refractivity contribution is 0.922. The highest BCUT2D eigenvalue weighted by Crippen LogP contribution is 2.25. The number of rotatable bonds is 4. The first-order valence-corrected chi connectivity index (χ1v) is 6.93. The van der Waals surface area contributed by atoms with E-state index in [1.54, 1.807) is 0 Å². The van der Waals surface area contributed by atoms with E-state index in [9.17, 15) is 0 Å². The zero-order valence-electron chi connectivity index (χ0n) is 11.7. The Balaban J connectivity index is 2.35. The standard InChI is InChI=1S/C18H22/c1-4-6-16-9-11-17(12-10-16)18-13-15(5-2)8-7-14(18)3/h7-13H,4-6H2,1-3H3. The van der Waals surface area contributed by atoms with Crippen molar-refractivity contribution in [3.63, 3.8) is 0 Å². The Bertz CT molecular complexity index is 506. The van der Waals surface area contributed by atoms with Crippen molar-refractivity contribution in [2.75, 3.05) is 0 Å². The second-order valence-electron chi connectivity index (χ2n) is 4.95. The molecule has 0 radical (unpaired) electrons. The van der Waals surface area contributed by atoms with Gasteiger partial charge in [-0.15, -0.1) is 0 Å². The van der Waals surface area contributed by atoms with Crippen LogP contribution in [0, 0.1) is 6.92 Å². The minimum atomic E-state index is 1.10. The minimum Gasteiger partial charge on any atom is -0.0651 e. The fourth-order valence-electron chi connectivity index (χ4n) is 2.34. The van der Waals surface area contributed by atoms with Crippen molar-refractivity contribution >= 4 is 0 Å². The van der Waals surface area contributed by atoms with Crippen molar-refractivity contribution < 1.29 is 0 Å². The van der Waals surface area contributed by atoms with Gasteiger partial charge in [-0.2, -0.15) is 0 Å². The zero-order chi connectivity index (χ0) is 13.0. The lowest BCUT2D eigenvalue weighted by atomic mass is 9.96. The largest absolute Gasteiger partial charge is 0.0651 e. The van der Waals surface area contributed by atoms with E-state index >= 15 is 0 Å². The fraction of sp³-hybridized carbons (Fsp3) is 0.333. The van der Waals surface area contributed by atoms with Gasteiger partial charge in [0.25, 0.3) is 0 Å². The van der Waals surface area contributed by atoms with Crippen LogP contribution in [-0.2, 0) is 12.8 Å². The number of hydrogen-bond acceptors (Lipinski definition) is 0. The second-order valence-corrected chi connectivity index (χ2v) is 4.95. The van der Waals surface area contributed by atoms with E-state index in [1.165, 1.54) is 40.7 Å². The van der Waals surface area contributed by atoms with Crippen molar-refractivity contribution in [2.45, 2.75) is 40.0 Å². The van der Waals surface area contributed by atoms with Crippen LogP contribution in [0.2, 0.25) is 0 Å². The monoisotopic (exact) mass is 238 g/mol. The number of aryl methyl sites for hydroxylation is 3. The third-order valence-corrected chi connectivity index (χ3v) is 3.51. The summed E-state index contributed by atoms with van der Waals surface area (Å²) in [6.07, 6.45) is 3.49. The summed E-state index contributed by atoms with van der Waals surface area (Å²) in [5.74, 6) is 0. The average molecular weight is 238 g/mol. The third-order valence-electron chi connectivity index (χ3n) is 3.51. The molecular weight excluding hydrogens is 216 g/mol. The lowest BCUT2D eigenvalue weighted by Gasteiger charge is -2.09. The van der Waals surface area contributed by atoms with Crippen molar-refractivity contribution in [3.8, 4) is 11.1 Å². The van der Waals surface area contributed by atoms with E-state index in [0.717, 1.165) is 6.42 Å². The summed E-state index contributed by atoms with van der Waals surface area (Å²) in [6, 6.07) is 15.8. The van der Waals surface area contributed by atoms with Crippen LogP contribution in [0.3, 0.4) is 0 Å². The van der Waals surface area contributed by atoms with Gasteiger partial charge in [0.1, 0.15) is 0 Å². The first-order chi connectivity index (χ1) is 8.74. The molecule has 0 bridgehead atoms. The molecule has 0 atom stereocenters. The highest BCUT2D eigenvalue weighted by Gasteiger charge is 2.03. The molecular formula is C18H22. The molecule has 0 aromatic heterocycles. The van der Waals surface area contributed by atoms with E-state index < -0.39 is 0 Å². The lowest BCUT2D eigenvalue weighted by Crippen LogP contribution is -1.88. The molecule has 94 valence electrons. The van der Waals surface area contributed by atoms with Crippen molar-refractivity contribution in [1.82, 2.24) is 0 Å². The molecule has 18 heavy (non-hydrogen) atoms. The van der Waals surface area contributed by atoms with Gasteiger partial charge in [-0.3, -0.25) is 0 Å². The highest BCUT2D eigenvalue weighted by atomic mass is 14.1. The van der Waals surface area contributed by atoms with Crippen molar-refractivity contribution in [2.24, 2.45) is 0 Å². The van der Waals surface area contributed by atoms with Crippen LogP contribution in [-0.4, -0.2) is 0 Å². The van der Waals surface area contributed by atoms with Gasteiger partial charge in [0.15, 0.2) is 0 Å². The molecule has 2 aromatic rings. The number of benzene rings is 2. The molecule has 0 spiro atoms. The normalized spacial score (nSPS) is 10.6. The fourth-order valence-corrected chi connectivity index (χ4v) is 2.34. The van der Waals surface area contributed by atoms with Gasteiger partial charge in [0.2, 0.25) is 0 Å². The maximum atomic E-state index is 2.32. The molecule has 0 aliphatic rings. The van der Waals surface area contributed by atoms with Gasteiger partial charge >= 0.3 is 0 Å². The Morgan fingerprint density at radius 1 is 0.833 bits per heavy atom. The van der Waals surface area contributed by atoms with Crippen LogP contribution in [0.5, 0.6) is 0 Å². The molecule has 0 amide bonds. The summed E-state index contributed by atoms with van der Waals surface area (Å²) in [7, 11) is 0. The first kappa shape index (κ1) is 12.9. The van der Waals surface area contributed by atoms with E-state index in [2.05, 4.69) is 63.2 Å². The van der Waals surface area contributed by atoms with Gasteiger partial charge in [-0.05, 0) is 47.6 Å². The molecule has 0 unspecified atom stereocenters. The molecule has 0 N–H and O–H groups in total. The Morgan fingerprint density at radius 2 is 1.50 bits per heavy atom. The van der Waals surface area contributed by atoms with Gasteiger partial charge in [-0.25, -0.2) is 0 Å². The van der Waals surface area contributed by atoms with E-state index in [-0.39, 0.29) is 0 Å². The van der Waals surface area contributed by atoms with Crippen molar-refractivity contribution in [3.05, 3.63) is 59.2 Å². The minimum absolute atomic E-state index is 1.10. The van der Waals surface area contributed by atoms with Crippen LogP contribution in [0.4, 0.5) is 0 Å². The molecule has 0 fully saturated rings. The predicted octanol–water partition coefficient (Wildman–Crippen LogP) is 5.18. The zero-order valence-corrected chi connectivity index (χ0v) is 11.7. The van der Waals surface area contributed by atoms with Crippen LogP contribution < -0.4 is 0 Å². The number of hydrogen-bond donors (Lipinski definition) is 0. The molecule has 0 nitrogen and oxygen atoms in total. The SMILES string of the molecule is CCCc1ccc(-c2cc(CC)ccc2C)cc1. The molecule has 0 heterocycles. The predicted molar refractivity (Wildman–Crippen MR) is 80.0 cm³/mol. The van der Waals surface area contributed by atoms with Crippen LogP contribution in [0.15, 0.2) is 42.5 Å². The Kier molecular flexibility index (Phi) is 4.19. The summed E-state index contributed by atoms with van der Waals surface area (Å²) in [4.78, 5) is 0. The van der Waals surface area contributed by atoms with E-state index in [4.69, 9.17) is 0 Å². The molecule has 2 aromatic carbocycles. The molecule has 0 aliphatic carbocycles. The van der Waals surface area contributed by atoms with Crippen molar-refractivity contribution in [1.29, 1.82) is 0 Å². The van der Waals surface area contributed by atoms with Gasteiger partial charge < -0.3 is 0 Å². The maximum absolute atomic E-state index is 2.32. The van der Waals surface area contributed by atoms with E-state index in [0.29, 0.717) is 0 Å². The van der Waals surface area contributed by atoms with Crippen LogP contribution >= 0.6 is 0 Å². The first-order valence-electron chi connectivity index (χ1n) is 6.93. The van der Waals surface area contributed by atoms with Crippen LogP contribution in [0.25, 0.3) is 11.1 Å². The Morgan fingerprint density at radius 3 is 2.11 bits per heavy atom. The van der Waals surface area contributed by atoms with Gasteiger partial charge in [0, 0.05) is 0 Å². The van der Waals surface area contributed by atoms with Gasteiger partial charge in [-0.1, -0.05) is 62.7 Å². The van der Waals surface area contributed by atoms with Gasteiger partial charge in [0.05, 0.1) is 0 Å². The Labute approximate surface area is 111 Å². The molecule has 0 saturated heterocycles. The molecule has 0 aliphatic heterocycles. The molecule has 2 rings (SSSR count). The summed E-state index contributed by atoms with van der Waals surface area (Å²) in [5, 5.41) is 0. The highest BCUT2D eigenvalue weighted by molar-refractivity contribution is 5.68. The molecule has 0 heteroatoms.